The lowest BCUT2D eigenvalue weighted by atomic mass is 10.1. The highest BCUT2D eigenvalue weighted by atomic mass is 16.5. The quantitative estimate of drug-likeness (QED) is 0.590. The molecule has 0 saturated heterocycles. The summed E-state index contributed by atoms with van der Waals surface area (Å²) in [5.74, 6) is 1.34. The number of amides is 1. The molecule has 0 radical (unpaired) electrons. The second-order valence-electron chi connectivity index (χ2n) is 6.68. The van der Waals surface area contributed by atoms with Crippen LogP contribution in [0.5, 0.6) is 11.5 Å². The number of nitrogens with one attached hydrogen (secondary N) is 1. The molecule has 3 rings (SSSR count). The predicted molar refractivity (Wildman–Crippen MR) is 112 cm³/mol. The lowest BCUT2D eigenvalue weighted by molar-refractivity contribution is 0.102. The Bertz CT molecular complexity index is 931. The van der Waals surface area contributed by atoms with Gasteiger partial charge in [-0.2, -0.15) is 0 Å². The van der Waals surface area contributed by atoms with Crippen LogP contribution in [0, 0.1) is 13.8 Å². The SMILES string of the molecule is CCOc1ccc(C(=O)Nc2ccc(C)cc2)cc1COc1ccc(C)cc1. The zero-order valence-corrected chi connectivity index (χ0v) is 16.5. The number of aryl methyl sites for hydroxylation is 2. The Kier molecular flexibility index (Phi) is 6.33. The fourth-order valence-corrected chi connectivity index (χ4v) is 2.77. The van der Waals surface area contributed by atoms with Crippen LogP contribution in [-0.2, 0) is 6.61 Å². The van der Waals surface area contributed by atoms with Crippen molar-refractivity contribution in [3.8, 4) is 11.5 Å². The van der Waals surface area contributed by atoms with Gasteiger partial charge >= 0.3 is 0 Å². The molecule has 0 aliphatic rings. The summed E-state index contributed by atoms with van der Waals surface area (Å²) in [5.41, 5.74) is 4.49. The summed E-state index contributed by atoms with van der Waals surface area (Å²) in [7, 11) is 0. The smallest absolute Gasteiger partial charge is 0.255 e. The molecule has 0 heterocycles. The molecule has 4 heteroatoms. The van der Waals surface area contributed by atoms with Crippen molar-refractivity contribution in [1.82, 2.24) is 0 Å². The van der Waals surface area contributed by atoms with Gasteiger partial charge in [0.05, 0.1) is 6.61 Å². The Morgan fingerprint density at radius 2 is 1.50 bits per heavy atom. The number of ether oxygens (including phenoxy) is 2. The average Bonchev–Trinajstić information content (AvgIpc) is 2.70. The number of carbonyl (C=O) groups excluding carboxylic acids is 1. The molecule has 0 fully saturated rings. The van der Waals surface area contributed by atoms with Crippen LogP contribution in [0.1, 0.15) is 34.0 Å². The van der Waals surface area contributed by atoms with Gasteiger partial charge in [-0.1, -0.05) is 35.4 Å². The van der Waals surface area contributed by atoms with Gasteiger partial charge in [-0.05, 0) is 63.2 Å². The minimum atomic E-state index is -0.163. The highest BCUT2D eigenvalue weighted by Crippen LogP contribution is 2.24. The first-order chi connectivity index (χ1) is 13.5. The number of benzene rings is 3. The van der Waals surface area contributed by atoms with Crippen LogP contribution in [0.2, 0.25) is 0 Å². The molecule has 144 valence electrons. The molecule has 0 saturated carbocycles. The van der Waals surface area contributed by atoms with Crippen molar-refractivity contribution >= 4 is 11.6 Å². The van der Waals surface area contributed by atoms with Crippen LogP contribution >= 0.6 is 0 Å². The lowest BCUT2D eigenvalue weighted by Gasteiger charge is -2.14. The van der Waals surface area contributed by atoms with Gasteiger partial charge < -0.3 is 14.8 Å². The highest BCUT2D eigenvalue weighted by molar-refractivity contribution is 6.04. The molecule has 0 bridgehead atoms. The maximum Gasteiger partial charge on any atom is 0.255 e. The zero-order chi connectivity index (χ0) is 19.9. The number of hydrogen-bond donors (Lipinski definition) is 1. The number of anilines is 1. The molecule has 0 atom stereocenters. The number of rotatable bonds is 7. The third-order valence-corrected chi connectivity index (χ3v) is 4.35. The Hall–Kier alpha value is -3.27. The Balaban J connectivity index is 1.76. The first kappa shape index (κ1) is 19.5. The van der Waals surface area contributed by atoms with E-state index in [0.29, 0.717) is 18.8 Å². The third-order valence-electron chi connectivity index (χ3n) is 4.35. The molecule has 4 nitrogen and oxygen atoms in total. The molecule has 0 unspecified atom stereocenters. The zero-order valence-electron chi connectivity index (χ0n) is 16.5. The summed E-state index contributed by atoms with van der Waals surface area (Å²) in [5, 5.41) is 2.92. The Morgan fingerprint density at radius 3 is 2.14 bits per heavy atom. The Labute approximate surface area is 166 Å². The van der Waals surface area contributed by atoms with Crippen molar-refractivity contribution in [2.75, 3.05) is 11.9 Å². The summed E-state index contributed by atoms with van der Waals surface area (Å²) < 4.78 is 11.6. The minimum absolute atomic E-state index is 0.163. The van der Waals surface area contributed by atoms with E-state index < -0.39 is 0 Å². The Morgan fingerprint density at radius 1 is 0.857 bits per heavy atom. The van der Waals surface area contributed by atoms with Crippen molar-refractivity contribution in [3.63, 3.8) is 0 Å². The van der Waals surface area contributed by atoms with Gasteiger partial charge in [-0.25, -0.2) is 0 Å². The van der Waals surface area contributed by atoms with Crippen molar-refractivity contribution in [2.45, 2.75) is 27.4 Å². The molecule has 1 N–H and O–H groups in total. The first-order valence-electron chi connectivity index (χ1n) is 9.38. The van der Waals surface area contributed by atoms with Crippen molar-refractivity contribution in [1.29, 1.82) is 0 Å². The molecule has 0 aliphatic heterocycles. The van der Waals surface area contributed by atoms with Crippen LogP contribution in [0.15, 0.2) is 66.7 Å². The molecule has 1 amide bonds. The molecule has 0 spiro atoms. The summed E-state index contributed by atoms with van der Waals surface area (Å²) in [6.45, 7) is 6.85. The third kappa shape index (κ3) is 5.13. The van der Waals surface area contributed by atoms with E-state index in [9.17, 15) is 4.79 Å². The normalized spacial score (nSPS) is 10.4. The van der Waals surface area contributed by atoms with E-state index in [0.717, 1.165) is 28.3 Å². The van der Waals surface area contributed by atoms with Crippen LogP contribution in [0.25, 0.3) is 0 Å². The van der Waals surface area contributed by atoms with E-state index in [1.54, 1.807) is 6.07 Å². The fraction of sp³-hybridized carbons (Fsp3) is 0.208. The first-order valence-corrected chi connectivity index (χ1v) is 9.38. The summed E-state index contributed by atoms with van der Waals surface area (Å²) in [6, 6.07) is 21.0. The average molecular weight is 375 g/mol. The van der Waals surface area contributed by atoms with Gasteiger partial charge in [-0.15, -0.1) is 0 Å². The van der Waals surface area contributed by atoms with Crippen molar-refractivity contribution in [2.24, 2.45) is 0 Å². The highest BCUT2D eigenvalue weighted by Gasteiger charge is 2.12. The fourth-order valence-electron chi connectivity index (χ4n) is 2.77. The molecular weight excluding hydrogens is 350 g/mol. The van der Waals surface area contributed by atoms with Crippen LogP contribution < -0.4 is 14.8 Å². The van der Waals surface area contributed by atoms with Crippen LogP contribution in [0.4, 0.5) is 5.69 Å². The summed E-state index contributed by atoms with van der Waals surface area (Å²) in [6.07, 6.45) is 0. The van der Waals surface area contributed by atoms with E-state index in [-0.39, 0.29) is 5.91 Å². The number of carbonyl (C=O) groups is 1. The van der Waals surface area contributed by atoms with E-state index >= 15 is 0 Å². The van der Waals surface area contributed by atoms with Gasteiger partial charge in [0.1, 0.15) is 18.1 Å². The van der Waals surface area contributed by atoms with Crippen LogP contribution in [-0.4, -0.2) is 12.5 Å². The largest absolute Gasteiger partial charge is 0.493 e. The molecule has 0 aliphatic carbocycles. The molecular formula is C24H25NO3. The molecule has 3 aromatic carbocycles. The minimum Gasteiger partial charge on any atom is -0.493 e. The lowest BCUT2D eigenvalue weighted by Crippen LogP contribution is -2.13. The number of hydrogen-bond acceptors (Lipinski definition) is 3. The van der Waals surface area contributed by atoms with Gasteiger partial charge in [-0.3, -0.25) is 4.79 Å². The predicted octanol–water partition coefficient (Wildman–Crippen LogP) is 5.53. The monoisotopic (exact) mass is 375 g/mol. The van der Waals surface area contributed by atoms with Gasteiger partial charge in [0.25, 0.3) is 5.91 Å². The van der Waals surface area contributed by atoms with E-state index in [4.69, 9.17) is 9.47 Å². The van der Waals surface area contributed by atoms with Crippen LogP contribution in [0.3, 0.4) is 0 Å². The molecule has 3 aromatic rings. The second-order valence-corrected chi connectivity index (χ2v) is 6.68. The molecule has 28 heavy (non-hydrogen) atoms. The molecule has 0 aromatic heterocycles. The summed E-state index contributed by atoms with van der Waals surface area (Å²) >= 11 is 0. The van der Waals surface area contributed by atoms with E-state index in [2.05, 4.69) is 5.32 Å². The van der Waals surface area contributed by atoms with Gasteiger partial charge in [0.15, 0.2) is 0 Å². The second kappa shape index (κ2) is 9.09. The van der Waals surface area contributed by atoms with Crippen molar-refractivity contribution in [3.05, 3.63) is 89.0 Å². The topological polar surface area (TPSA) is 47.6 Å². The van der Waals surface area contributed by atoms with E-state index in [1.165, 1.54) is 5.56 Å². The van der Waals surface area contributed by atoms with Gasteiger partial charge in [0.2, 0.25) is 0 Å². The summed E-state index contributed by atoms with van der Waals surface area (Å²) in [4.78, 5) is 12.6. The van der Waals surface area contributed by atoms with Crippen molar-refractivity contribution < 1.29 is 14.3 Å². The standard InChI is InChI=1S/C24H25NO3/c1-4-27-23-14-9-19(24(26)25-21-10-5-17(2)6-11-21)15-20(23)16-28-22-12-7-18(3)8-13-22/h5-15H,4,16H2,1-3H3,(H,25,26). The maximum atomic E-state index is 12.6. The van der Waals surface area contributed by atoms with Gasteiger partial charge in [0, 0.05) is 16.8 Å². The maximum absolute atomic E-state index is 12.6. The van der Waals surface area contributed by atoms with E-state index in [1.807, 2.05) is 81.4 Å².